The Morgan fingerprint density at radius 3 is 0.906 bits per heavy atom. The molecule has 0 nitrogen and oxygen atoms in total. The van der Waals surface area contributed by atoms with E-state index in [4.69, 9.17) is 0 Å². The first-order valence-corrected chi connectivity index (χ1v) is 14.5. The summed E-state index contributed by atoms with van der Waals surface area (Å²) in [4.78, 5) is 0. The Balaban J connectivity index is -0.0000000766. The summed E-state index contributed by atoms with van der Waals surface area (Å²) in [6.07, 6.45) is 12.1. The summed E-state index contributed by atoms with van der Waals surface area (Å²) < 4.78 is 0. The molecule has 0 saturated heterocycles. The highest BCUT2D eigenvalue weighted by molar-refractivity contribution is 5.44. The zero-order valence-electron chi connectivity index (χ0n) is 26.4. The van der Waals surface area contributed by atoms with E-state index in [0.29, 0.717) is 0 Å². The van der Waals surface area contributed by atoms with Crippen molar-refractivity contribution in [3.8, 4) is 0 Å². The van der Waals surface area contributed by atoms with Crippen LogP contribution in [0.3, 0.4) is 0 Å². The molecule has 32 heavy (non-hydrogen) atoms. The van der Waals surface area contributed by atoms with E-state index in [-0.39, 0.29) is 0 Å². The van der Waals surface area contributed by atoms with Crippen molar-refractivity contribution in [1.82, 2.24) is 0 Å². The van der Waals surface area contributed by atoms with E-state index in [0.717, 1.165) is 12.8 Å². The molecule has 1 aromatic carbocycles. The second-order valence-corrected chi connectivity index (χ2v) is 6.92. The van der Waals surface area contributed by atoms with Crippen LogP contribution in [-0.2, 0) is 12.8 Å². The summed E-state index contributed by atoms with van der Waals surface area (Å²) in [5.41, 5.74) is 7.51. The van der Waals surface area contributed by atoms with E-state index in [1.54, 1.807) is 11.1 Å². The lowest BCUT2D eigenvalue weighted by Gasteiger charge is -2.15. The average molecular weight is 455 g/mol. The van der Waals surface area contributed by atoms with Crippen molar-refractivity contribution in [3.63, 3.8) is 0 Å². The van der Waals surface area contributed by atoms with E-state index < -0.39 is 0 Å². The first kappa shape index (κ1) is 44.8. The molecule has 0 heteroatoms. The molecule has 0 heterocycles. The Morgan fingerprint density at radius 2 is 0.719 bits per heavy atom. The highest BCUT2D eigenvalue weighted by atomic mass is 14.1. The average Bonchev–Trinajstić information content (AvgIpc) is 2.83. The Morgan fingerprint density at radius 1 is 0.469 bits per heavy atom. The van der Waals surface area contributed by atoms with Crippen LogP contribution in [0.1, 0.15) is 170 Å². The van der Waals surface area contributed by atoms with Crippen molar-refractivity contribution in [2.24, 2.45) is 0 Å². The molecule has 0 spiro atoms. The second kappa shape index (κ2) is 44.0. The maximum Gasteiger partial charge on any atom is -0.0302 e. The second-order valence-electron chi connectivity index (χ2n) is 6.92. The molecule has 198 valence electrons. The standard InChI is InChI=1S/C13H20.C8H18.C3H8.4C2H6/c1-6-12-9(3)8-10(4)13(7-2)11(12)5;1-3-5-7-8-6-4-2;1-3-2;4*1-2/h8H,6-7H2,1-5H3;3-8H2,1-2H3;3H2,1-2H3;4*1-2H3. The summed E-state index contributed by atoms with van der Waals surface area (Å²) in [5.74, 6) is 0. The predicted octanol–water partition coefficient (Wildman–Crippen LogP) is 12.6. The van der Waals surface area contributed by atoms with E-state index in [1.165, 1.54) is 61.6 Å². The van der Waals surface area contributed by atoms with Crippen LogP contribution in [0.25, 0.3) is 0 Å². The zero-order valence-corrected chi connectivity index (χ0v) is 26.4. The summed E-state index contributed by atoms with van der Waals surface area (Å²) in [6, 6.07) is 2.32. The van der Waals surface area contributed by atoms with Crippen LogP contribution in [-0.4, -0.2) is 0 Å². The molecular formula is C32H70. The van der Waals surface area contributed by atoms with Gasteiger partial charge in [-0.05, 0) is 61.4 Å². The monoisotopic (exact) mass is 455 g/mol. The SMILES string of the molecule is CC.CC.CC.CC.CCC.CCCCCCCC.CCc1c(C)cc(C)c(CC)c1C. The molecule has 1 aromatic rings. The van der Waals surface area contributed by atoms with Gasteiger partial charge in [-0.25, -0.2) is 0 Å². The van der Waals surface area contributed by atoms with Gasteiger partial charge >= 0.3 is 0 Å². The van der Waals surface area contributed by atoms with Crippen molar-refractivity contribution < 1.29 is 0 Å². The van der Waals surface area contributed by atoms with Crippen molar-refractivity contribution in [1.29, 1.82) is 0 Å². The molecule has 0 N–H and O–H groups in total. The van der Waals surface area contributed by atoms with Gasteiger partial charge in [-0.2, -0.15) is 0 Å². The minimum Gasteiger partial charge on any atom is -0.0683 e. The molecular weight excluding hydrogens is 384 g/mol. The number of aryl methyl sites for hydroxylation is 2. The van der Waals surface area contributed by atoms with Crippen LogP contribution in [0.5, 0.6) is 0 Å². The van der Waals surface area contributed by atoms with Crippen molar-refractivity contribution in [3.05, 3.63) is 33.9 Å². The molecule has 1 rings (SSSR count). The van der Waals surface area contributed by atoms with Gasteiger partial charge in [0.25, 0.3) is 0 Å². The summed E-state index contributed by atoms with van der Waals surface area (Å²) in [5, 5.41) is 0. The highest BCUT2D eigenvalue weighted by Crippen LogP contribution is 2.22. The molecule has 0 unspecified atom stereocenters. The number of hydrogen-bond acceptors (Lipinski definition) is 0. The van der Waals surface area contributed by atoms with Crippen LogP contribution >= 0.6 is 0 Å². The van der Waals surface area contributed by atoms with Gasteiger partial charge in [0, 0.05) is 0 Å². The predicted molar refractivity (Wildman–Crippen MR) is 160 cm³/mol. The Kier molecular flexibility index (Phi) is 61.6. The van der Waals surface area contributed by atoms with Gasteiger partial charge in [0.1, 0.15) is 0 Å². The van der Waals surface area contributed by atoms with Crippen LogP contribution in [0.2, 0.25) is 0 Å². The summed E-state index contributed by atoms with van der Waals surface area (Å²) >= 11 is 0. The highest BCUT2D eigenvalue weighted by Gasteiger charge is 2.07. The van der Waals surface area contributed by atoms with Gasteiger partial charge in [-0.3, -0.25) is 0 Å². The Labute approximate surface area is 209 Å². The topological polar surface area (TPSA) is 0 Å². The number of rotatable bonds is 7. The summed E-state index contributed by atoms with van der Waals surface area (Å²) in [6.45, 7) is 35.9. The molecule has 0 aromatic heterocycles. The third kappa shape index (κ3) is 29.2. The van der Waals surface area contributed by atoms with Crippen LogP contribution < -0.4 is 0 Å². The number of unbranched alkanes of at least 4 members (excludes halogenated alkanes) is 5. The first-order valence-electron chi connectivity index (χ1n) is 14.5. The largest absolute Gasteiger partial charge is 0.0683 e. The Bertz CT molecular complexity index is 367. The first-order chi connectivity index (χ1) is 15.4. The van der Waals surface area contributed by atoms with Gasteiger partial charge in [-0.1, -0.05) is 148 Å². The molecule has 0 radical (unpaired) electrons. The van der Waals surface area contributed by atoms with Crippen molar-refractivity contribution in [2.75, 3.05) is 0 Å². The normalized spacial score (nSPS) is 8.03. The van der Waals surface area contributed by atoms with E-state index in [2.05, 4.69) is 68.4 Å². The van der Waals surface area contributed by atoms with Gasteiger partial charge in [0.2, 0.25) is 0 Å². The lowest BCUT2D eigenvalue weighted by molar-refractivity contribution is 0.624. The fourth-order valence-corrected chi connectivity index (χ4v) is 3.21. The molecule has 0 fully saturated rings. The maximum absolute atomic E-state index is 2.32. The van der Waals surface area contributed by atoms with Crippen molar-refractivity contribution >= 4 is 0 Å². The molecule has 0 aliphatic rings. The molecule has 0 bridgehead atoms. The smallest absolute Gasteiger partial charge is 0.0302 e. The number of benzene rings is 1. The maximum atomic E-state index is 2.32. The minimum atomic E-state index is 1.16. The number of hydrogen-bond donors (Lipinski definition) is 0. The minimum absolute atomic E-state index is 1.16. The Hall–Kier alpha value is -0.780. The lowest BCUT2D eigenvalue weighted by atomic mass is 9.91. The van der Waals surface area contributed by atoms with Crippen LogP contribution in [0.4, 0.5) is 0 Å². The molecule has 0 aliphatic heterocycles. The molecule has 0 aliphatic carbocycles. The summed E-state index contributed by atoms with van der Waals surface area (Å²) in [7, 11) is 0. The zero-order chi connectivity index (χ0) is 27.0. The van der Waals surface area contributed by atoms with E-state index in [9.17, 15) is 0 Å². The van der Waals surface area contributed by atoms with Gasteiger partial charge < -0.3 is 0 Å². The van der Waals surface area contributed by atoms with Crippen LogP contribution in [0, 0.1) is 20.8 Å². The molecule has 0 saturated carbocycles. The van der Waals surface area contributed by atoms with E-state index >= 15 is 0 Å². The fourth-order valence-electron chi connectivity index (χ4n) is 3.21. The fraction of sp³-hybridized carbons (Fsp3) is 0.812. The molecule has 0 atom stereocenters. The third-order valence-corrected chi connectivity index (χ3v) is 4.45. The van der Waals surface area contributed by atoms with Gasteiger partial charge in [0.15, 0.2) is 0 Å². The van der Waals surface area contributed by atoms with Gasteiger partial charge in [0.05, 0.1) is 0 Å². The van der Waals surface area contributed by atoms with E-state index in [1.807, 2.05) is 55.4 Å². The quantitative estimate of drug-likeness (QED) is 0.359. The van der Waals surface area contributed by atoms with Crippen LogP contribution in [0.15, 0.2) is 6.07 Å². The van der Waals surface area contributed by atoms with Gasteiger partial charge in [-0.15, -0.1) is 0 Å². The molecule has 0 amide bonds. The lowest BCUT2D eigenvalue weighted by Crippen LogP contribution is -1.99. The third-order valence-electron chi connectivity index (χ3n) is 4.45. The van der Waals surface area contributed by atoms with Crippen molar-refractivity contribution in [2.45, 2.75) is 175 Å².